The zero-order valence-electron chi connectivity index (χ0n) is 18.1. The molecule has 2 N–H and O–H groups in total. The molecular weight excluding hydrogens is 426 g/mol. The second-order valence-electron chi connectivity index (χ2n) is 7.76. The Balaban J connectivity index is 1.51. The first-order valence-electron chi connectivity index (χ1n) is 10.9. The highest BCUT2D eigenvalue weighted by Crippen LogP contribution is 2.43. The van der Waals surface area contributed by atoms with Gasteiger partial charge >= 0.3 is 6.09 Å². The van der Waals surface area contributed by atoms with Crippen LogP contribution in [0.15, 0.2) is 36.4 Å². The molecule has 0 radical (unpaired) electrons. The molecule has 1 atom stereocenters. The summed E-state index contributed by atoms with van der Waals surface area (Å²) in [4.78, 5) is 28.1. The number of nitrogens with one attached hydrogen (secondary N) is 2. The zero-order valence-corrected chi connectivity index (χ0v) is 18.9. The number of benzene rings is 2. The summed E-state index contributed by atoms with van der Waals surface area (Å²) in [5.74, 6) is 0.656. The third-order valence-electron chi connectivity index (χ3n) is 5.88. The third kappa shape index (κ3) is 3.44. The van der Waals surface area contributed by atoms with E-state index >= 15 is 0 Å². The first-order valence-corrected chi connectivity index (χ1v) is 11.7. The maximum absolute atomic E-state index is 13.2. The van der Waals surface area contributed by atoms with E-state index in [1.165, 1.54) is 0 Å². The molecule has 166 valence electrons. The Bertz CT molecular complexity index is 1210. The van der Waals surface area contributed by atoms with E-state index in [4.69, 9.17) is 9.47 Å². The number of hydrogen-bond donors (Lipinski definition) is 2. The molecule has 2 aliphatic heterocycles. The van der Waals surface area contributed by atoms with E-state index in [0.29, 0.717) is 38.3 Å². The molecule has 0 fully saturated rings. The summed E-state index contributed by atoms with van der Waals surface area (Å²) < 4.78 is 11.1. The fourth-order valence-electron chi connectivity index (χ4n) is 4.49. The van der Waals surface area contributed by atoms with Crippen LogP contribution in [0.25, 0.3) is 10.8 Å². The van der Waals surface area contributed by atoms with E-state index in [9.17, 15) is 9.59 Å². The van der Waals surface area contributed by atoms with Crippen molar-refractivity contribution in [1.29, 1.82) is 0 Å². The monoisotopic (exact) mass is 451 g/mol. The average molecular weight is 452 g/mol. The number of nitrogens with zero attached hydrogens (tertiary/aromatic N) is 1. The Morgan fingerprint density at radius 2 is 2.00 bits per heavy atom. The lowest BCUT2D eigenvalue weighted by Crippen LogP contribution is -2.39. The molecule has 5 rings (SSSR count). The molecule has 0 saturated carbocycles. The lowest BCUT2D eigenvalue weighted by molar-refractivity contribution is 0.0934. The van der Waals surface area contributed by atoms with Gasteiger partial charge in [0.2, 0.25) is 0 Å². The number of thiophene rings is 1. The Morgan fingerprint density at radius 1 is 1.16 bits per heavy atom. The van der Waals surface area contributed by atoms with Crippen molar-refractivity contribution in [3.8, 4) is 5.75 Å². The van der Waals surface area contributed by atoms with Crippen LogP contribution in [-0.4, -0.2) is 36.7 Å². The number of hydrogen-bond acceptors (Lipinski definition) is 6. The van der Waals surface area contributed by atoms with Crippen LogP contribution in [0.3, 0.4) is 0 Å². The molecule has 1 aromatic heterocycles. The van der Waals surface area contributed by atoms with Gasteiger partial charge in [-0.1, -0.05) is 30.3 Å². The van der Waals surface area contributed by atoms with Crippen LogP contribution in [0.4, 0.5) is 9.80 Å². The van der Waals surface area contributed by atoms with Crippen LogP contribution in [0.5, 0.6) is 5.75 Å². The van der Waals surface area contributed by atoms with E-state index < -0.39 is 6.17 Å². The maximum Gasteiger partial charge on any atom is 0.410 e. The highest BCUT2D eigenvalue weighted by atomic mass is 32.1. The van der Waals surface area contributed by atoms with Gasteiger partial charge in [-0.05, 0) is 42.7 Å². The number of carbonyl (C=O) groups excluding carboxylic acids is 2. The van der Waals surface area contributed by atoms with Crippen LogP contribution < -0.4 is 15.4 Å². The zero-order chi connectivity index (χ0) is 22.2. The van der Waals surface area contributed by atoms with Gasteiger partial charge in [0.15, 0.2) is 0 Å². The number of anilines is 1. The van der Waals surface area contributed by atoms with Crippen molar-refractivity contribution in [2.75, 3.05) is 25.1 Å². The summed E-state index contributed by atoms with van der Waals surface area (Å²) in [5.41, 5.74) is 2.64. The molecule has 0 unspecified atom stereocenters. The van der Waals surface area contributed by atoms with Crippen molar-refractivity contribution < 1.29 is 19.1 Å². The molecule has 2 aliphatic rings. The standard InChI is InChI=1S/C24H25N3O4S/c1-3-30-17-10-9-14-7-5-6-8-15(14)19(17)21-25-22(28)20-16-11-12-27(24(29)31-4-2)13-18(16)32-23(20)26-21/h5-10,21,26H,3-4,11-13H2,1-2H3,(H,25,28)/t21-/m0/s1. The summed E-state index contributed by atoms with van der Waals surface area (Å²) in [6, 6.07) is 12.1. The molecular formula is C24H25N3O4S. The van der Waals surface area contributed by atoms with Crippen molar-refractivity contribution in [3.63, 3.8) is 0 Å². The lowest BCUT2D eigenvalue weighted by atomic mass is 9.97. The van der Waals surface area contributed by atoms with Crippen LogP contribution in [-0.2, 0) is 17.7 Å². The van der Waals surface area contributed by atoms with E-state index in [1.54, 1.807) is 23.2 Å². The van der Waals surface area contributed by atoms with Gasteiger partial charge in [0.05, 0.1) is 25.3 Å². The van der Waals surface area contributed by atoms with Gasteiger partial charge in [0, 0.05) is 17.0 Å². The average Bonchev–Trinajstić information content (AvgIpc) is 3.17. The molecule has 3 aromatic rings. The number of carbonyl (C=O) groups is 2. The minimum absolute atomic E-state index is 0.0961. The number of fused-ring (bicyclic) bond motifs is 4. The molecule has 0 saturated heterocycles. The maximum atomic E-state index is 13.2. The number of ether oxygens (including phenoxy) is 2. The van der Waals surface area contributed by atoms with Gasteiger partial charge in [-0.3, -0.25) is 4.79 Å². The van der Waals surface area contributed by atoms with Crippen molar-refractivity contribution in [2.24, 2.45) is 0 Å². The smallest absolute Gasteiger partial charge is 0.410 e. The summed E-state index contributed by atoms with van der Waals surface area (Å²) in [7, 11) is 0. The topological polar surface area (TPSA) is 79.9 Å². The largest absolute Gasteiger partial charge is 0.493 e. The number of rotatable bonds is 4. The lowest BCUT2D eigenvalue weighted by Gasteiger charge is -2.29. The summed E-state index contributed by atoms with van der Waals surface area (Å²) in [5, 5.41) is 9.64. The fourth-order valence-corrected chi connectivity index (χ4v) is 5.77. The van der Waals surface area contributed by atoms with Crippen LogP contribution in [0, 0.1) is 0 Å². The van der Waals surface area contributed by atoms with Crippen molar-refractivity contribution in [3.05, 3.63) is 58.0 Å². The predicted molar refractivity (Wildman–Crippen MR) is 124 cm³/mol. The van der Waals surface area contributed by atoms with Crippen molar-refractivity contribution in [2.45, 2.75) is 33.0 Å². The Hall–Kier alpha value is -3.26. The molecule has 32 heavy (non-hydrogen) atoms. The molecule has 0 spiro atoms. The SMILES string of the molecule is CCOC(=O)N1CCc2c(sc3c2C(=O)N[C@H](c2c(OCC)ccc4ccccc24)N3)C1. The van der Waals surface area contributed by atoms with Crippen LogP contribution >= 0.6 is 11.3 Å². The summed E-state index contributed by atoms with van der Waals surface area (Å²) in [6.07, 6.45) is -0.0843. The summed E-state index contributed by atoms with van der Waals surface area (Å²) in [6.45, 7) is 5.64. The molecule has 2 aromatic carbocycles. The van der Waals surface area contributed by atoms with Gasteiger partial charge in [-0.25, -0.2) is 4.79 Å². The second kappa shape index (κ2) is 8.35. The van der Waals surface area contributed by atoms with Gasteiger partial charge in [-0.2, -0.15) is 0 Å². The Morgan fingerprint density at radius 3 is 2.81 bits per heavy atom. The normalized spacial score (nSPS) is 17.2. The molecule has 0 aliphatic carbocycles. The van der Waals surface area contributed by atoms with Crippen LogP contribution in [0.1, 0.15) is 46.4 Å². The van der Waals surface area contributed by atoms with Gasteiger partial charge < -0.3 is 25.0 Å². The number of amides is 2. The quantitative estimate of drug-likeness (QED) is 0.603. The molecule has 0 bridgehead atoms. The first-order chi connectivity index (χ1) is 15.6. The minimum atomic E-state index is -0.413. The van der Waals surface area contributed by atoms with Gasteiger partial charge in [0.1, 0.15) is 16.9 Å². The van der Waals surface area contributed by atoms with Crippen molar-refractivity contribution in [1.82, 2.24) is 10.2 Å². The van der Waals surface area contributed by atoms with Crippen LogP contribution in [0.2, 0.25) is 0 Å². The second-order valence-corrected chi connectivity index (χ2v) is 8.87. The molecule has 7 nitrogen and oxygen atoms in total. The molecule has 8 heteroatoms. The van der Waals surface area contributed by atoms with E-state index in [2.05, 4.69) is 16.7 Å². The van der Waals surface area contributed by atoms with E-state index in [1.807, 2.05) is 37.3 Å². The van der Waals surface area contributed by atoms with Gasteiger partial charge in [-0.15, -0.1) is 11.3 Å². The highest BCUT2D eigenvalue weighted by Gasteiger charge is 2.35. The van der Waals surface area contributed by atoms with E-state index in [-0.39, 0.29) is 12.0 Å². The first kappa shape index (κ1) is 20.6. The Labute approximate surface area is 190 Å². The molecule has 2 amide bonds. The molecule has 3 heterocycles. The van der Waals surface area contributed by atoms with Gasteiger partial charge in [0.25, 0.3) is 5.91 Å². The van der Waals surface area contributed by atoms with E-state index in [0.717, 1.165) is 37.5 Å². The highest BCUT2D eigenvalue weighted by molar-refractivity contribution is 7.16. The predicted octanol–water partition coefficient (Wildman–Crippen LogP) is 4.67. The summed E-state index contributed by atoms with van der Waals surface area (Å²) >= 11 is 1.54. The third-order valence-corrected chi connectivity index (χ3v) is 7.03. The minimum Gasteiger partial charge on any atom is -0.493 e. The Kier molecular flexibility index (Phi) is 5.38. The van der Waals surface area contributed by atoms with Crippen molar-refractivity contribution >= 4 is 39.1 Å². The fraction of sp³-hybridized carbons (Fsp3) is 0.333.